The molecule has 0 atom stereocenters. The molecule has 3 aromatic rings. The number of rotatable bonds is 3. The molecule has 0 fully saturated rings. The topological polar surface area (TPSA) is 65.8 Å². The van der Waals surface area contributed by atoms with Crippen molar-refractivity contribution in [1.82, 2.24) is 4.98 Å². The van der Waals surface area contributed by atoms with E-state index in [1.165, 1.54) is 5.01 Å². The van der Waals surface area contributed by atoms with Crippen molar-refractivity contribution in [1.29, 1.82) is 0 Å². The number of carbonyl (C=O) groups excluding carboxylic acids is 1. The van der Waals surface area contributed by atoms with Crippen molar-refractivity contribution in [2.24, 2.45) is 10.5 Å². The molecule has 0 bridgehead atoms. The molecule has 2 heterocycles. The maximum Gasteiger partial charge on any atom is 0.284 e. The molecular weight excluding hydrogens is 591 g/mol. The van der Waals surface area contributed by atoms with E-state index in [4.69, 9.17) is 0 Å². The maximum atomic E-state index is 12.4. The number of aromatic nitrogens is 1. The van der Waals surface area contributed by atoms with Crippen LogP contribution in [0.1, 0.15) is 34.1 Å². The average molecular weight is 619 g/mol. The number of benzene rings is 2. The standard InChI is InChI=1S/C16H20N2O2.C11H8N.Ir/c1-11-14(13(19)10-16(2,3)4)15(20)18(17-11)12-8-6-5-7-9-12;1-2-6-10(7-3-1)11-8-4-5-9-12-11;/h5-9,19H,10H2,1-4H3;1-6,8-9H;/q;-1;. The van der Waals surface area contributed by atoms with Gasteiger partial charge in [-0.25, -0.2) is 0 Å². The fourth-order valence-electron chi connectivity index (χ4n) is 3.25. The average Bonchev–Trinajstić information content (AvgIpc) is 3.09. The number of aliphatic hydroxyl groups excluding tert-OH is 1. The Morgan fingerprint density at radius 2 is 1.67 bits per heavy atom. The third-order valence-electron chi connectivity index (χ3n) is 4.66. The first kappa shape index (κ1) is 26.2. The van der Waals surface area contributed by atoms with Crippen LogP contribution in [0.3, 0.4) is 0 Å². The molecule has 1 radical (unpaired) electrons. The molecule has 6 heteroatoms. The van der Waals surface area contributed by atoms with Gasteiger partial charge in [0.2, 0.25) is 0 Å². The molecule has 0 spiro atoms. The summed E-state index contributed by atoms with van der Waals surface area (Å²) in [6.45, 7) is 7.80. The Kier molecular flexibility index (Phi) is 9.27. The van der Waals surface area contributed by atoms with Crippen LogP contribution in [-0.2, 0) is 24.9 Å². The van der Waals surface area contributed by atoms with E-state index in [1.54, 1.807) is 13.1 Å². The molecule has 0 aliphatic carbocycles. The first-order valence-corrected chi connectivity index (χ1v) is 10.5. The van der Waals surface area contributed by atoms with Crippen LogP contribution in [0.4, 0.5) is 5.69 Å². The minimum atomic E-state index is -0.268. The van der Waals surface area contributed by atoms with E-state index in [-0.39, 0.29) is 37.2 Å². The number of pyridine rings is 1. The van der Waals surface area contributed by atoms with Crippen LogP contribution >= 0.6 is 0 Å². The van der Waals surface area contributed by atoms with Gasteiger partial charge in [0, 0.05) is 32.7 Å². The van der Waals surface area contributed by atoms with Crippen LogP contribution in [0, 0.1) is 11.5 Å². The summed E-state index contributed by atoms with van der Waals surface area (Å²) in [5, 5.41) is 15.8. The number of hydrogen-bond acceptors (Lipinski definition) is 4. The van der Waals surface area contributed by atoms with Gasteiger partial charge in [0.15, 0.2) is 0 Å². The predicted octanol–water partition coefficient (Wildman–Crippen LogP) is 6.20. The summed E-state index contributed by atoms with van der Waals surface area (Å²) in [7, 11) is 0. The maximum absolute atomic E-state index is 12.4. The molecule has 0 saturated carbocycles. The second-order valence-electron chi connectivity index (χ2n) is 8.69. The zero-order chi connectivity index (χ0) is 23.1. The van der Waals surface area contributed by atoms with Crippen molar-refractivity contribution in [3.8, 4) is 11.3 Å². The fraction of sp³-hybridized carbons (Fsp3) is 0.222. The van der Waals surface area contributed by atoms with Gasteiger partial charge in [-0.2, -0.15) is 10.1 Å². The SMILES string of the molecule is CC1=NN(c2ccccc2)C(=O)C1=C(O)CC(C)(C)C.[Ir].[c-]1ccccc1-c1ccccn1. The minimum Gasteiger partial charge on any atom is -0.511 e. The third kappa shape index (κ3) is 7.21. The first-order chi connectivity index (χ1) is 15.3. The Labute approximate surface area is 209 Å². The summed E-state index contributed by atoms with van der Waals surface area (Å²) in [5.41, 5.74) is 3.51. The molecule has 173 valence electrons. The molecule has 4 rings (SSSR count). The Hall–Kier alpha value is -3.08. The van der Waals surface area contributed by atoms with Crippen molar-refractivity contribution in [2.75, 3.05) is 5.01 Å². The van der Waals surface area contributed by atoms with Crippen molar-refractivity contribution < 1.29 is 30.0 Å². The summed E-state index contributed by atoms with van der Waals surface area (Å²) >= 11 is 0. The second kappa shape index (κ2) is 11.7. The molecule has 0 unspecified atom stereocenters. The zero-order valence-corrected chi connectivity index (χ0v) is 21.6. The van der Waals surface area contributed by atoms with E-state index in [9.17, 15) is 9.90 Å². The molecule has 1 amide bonds. The van der Waals surface area contributed by atoms with Crippen molar-refractivity contribution >= 4 is 17.3 Å². The van der Waals surface area contributed by atoms with Gasteiger partial charge in [0.1, 0.15) is 11.3 Å². The van der Waals surface area contributed by atoms with E-state index in [0.29, 0.717) is 23.4 Å². The van der Waals surface area contributed by atoms with Gasteiger partial charge in [0.25, 0.3) is 5.91 Å². The number of carbonyl (C=O) groups is 1. The van der Waals surface area contributed by atoms with Gasteiger partial charge in [-0.15, -0.1) is 35.9 Å². The number of hydrazone groups is 1. The number of para-hydroxylation sites is 1. The Balaban J connectivity index is 0.000000253. The summed E-state index contributed by atoms with van der Waals surface area (Å²) < 4.78 is 0. The monoisotopic (exact) mass is 619 g/mol. The molecule has 5 nitrogen and oxygen atoms in total. The second-order valence-corrected chi connectivity index (χ2v) is 8.69. The minimum absolute atomic E-state index is 0. The summed E-state index contributed by atoms with van der Waals surface area (Å²) in [6.07, 6.45) is 2.24. The number of amides is 1. The number of nitrogens with zero attached hydrogens (tertiary/aromatic N) is 3. The molecule has 33 heavy (non-hydrogen) atoms. The van der Waals surface area contributed by atoms with Gasteiger partial charge < -0.3 is 10.1 Å². The normalized spacial score (nSPS) is 14.6. The Bertz CT molecular complexity index is 1070. The van der Waals surface area contributed by atoms with Gasteiger partial charge in [-0.3, -0.25) is 4.79 Å². The van der Waals surface area contributed by atoms with Crippen LogP contribution in [-0.4, -0.2) is 21.7 Å². The third-order valence-corrected chi connectivity index (χ3v) is 4.66. The van der Waals surface area contributed by atoms with E-state index in [2.05, 4.69) is 16.2 Å². The molecule has 1 aliphatic rings. The Morgan fingerprint density at radius 3 is 2.24 bits per heavy atom. The largest absolute Gasteiger partial charge is 0.511 e. The van der Waals surface area contributed by atoms with Crippen LogP contribution in [0.5, 0.6) is 0 Å². The van der Waals surface area contributed by atoms with Crippen LogP contribution in [0.15, 0.2) is 95.4 Å². The van der Waals surface area contributed by atoms with Crippen molar-refractivity contribution in [3.63, 3.8) is 0 Å². The summed E-state index contributed by atoms with van der Waals surface area (Å²) in [4.78, 5) is 16.7. The number of hydrogen-bond donors (Lipinski definition) is 1. The van der Waals surface area contributed by atoms with Gasteiger partial charge in [0.05, 0.1) is 11.4 Å². The van der Waals surface area contributed by atoms with Crippen molar-refractivity contribution in [3.05, 3.63) is 96.4 Å². The van der Waals surface area contributed by atoms with Crippen LogP contribution in [0.25, 0.3) is 11.3 Å². The summed E-state index contributed by atoms with van der Waals surface area (Å²) in [6, 6.07) is 26.0. The zero-order valence-electron chi connectivity index (χ0n) is 19.2. The van der Waals surface area contributed by atoms with Gasteiger partial charge >= 0.3 is 0 Å². The van der Waals surface area contributed by atoms with Crippen molar-refractivity contribution in [2.45, 2.75) is 34.1 Å². The van der Waals surface area contributed by atoms with E-state index >= 15 is 0 Å². The molecular formula is C27H28IrN3O2-. The van der Waals surface area contributed by atoms with E-state index in [1.807, 2.05) is 93.6 Å². The predicted molar refractivity (Wildman–Crippen MR) is 129 cm³/mol. The fourth-order valence-corrected chi connectivity index (χ4v) is 3.25. The van der Waals surface area contributed by atoms with E-state index in [0.717, 1.165) is 11.3 Å². The Morgan fingerprint density at radius 1 is 1.00 bits per heavy atom. The number of anilines is 1. The molecule has 1 aromatic heterocycles. The summed E-state index contributed by atoms with van der Waals surface area (Å²) in [5.74, 6) is -0.155. The smallest absolute Gasteiger partial charge is 0.284 e. The molecule has 1 N–H and O–H groups in total. The molecule has 2 aromatic carbocycles. The van der Waals surface area contributed by atoms with Gasteiger partial charge in [-0.05, 0) is 36.2 Å². The quantitative estimate of drug-likeness (QED) is 0.216. The molecule has 0 saturated heterocycles. The van der Waals surface area contributed by atoms with Crippen LogP contribution in [0.2, 0.25) is 0 Å². The van der Waals surface area contributed by atoms with E-state index < -0.39 is 0 Å². The van der Waals surface area contributed by atoms with Crippen LogP contribution < -0.4 is 5.01 Å². The molecule has 1 aliphatic heterocycles. The first-order valence-electron chi connectivity index (χ1n) is 10.5. The van der Waals surface area contributed by atoms with Gasteiger partial charge in [-0.1, -0.05) is 51.1 Å². The number of allylic oxidation sites excluding steroid dienone is 1. The number of aliphatic hydroxyl groups is 1.